The van der Waals surface area contributed by atoms with Gasteiger partial charge in [-0.2, -0.15) is 5.10 Å². The number of thiophene rings is 1. The number of hydrogen-bond acceptors (Lipinski definition) is 5. The van der Waals surface area contributed by atoms with E-state index < -0.39 is 0 Å². The molecule has 35 heavy (non-hydrogen) atoms. The zero-order valence-electron chi connectivity index (χ0n) is 21.4. The van der Waals surface area contributed by atoms with E-state index in [0.717, 1.165) is 24.3 Å². The molecule has 1 saturated heterocycles. The Labute approximate surface area is 210 Å². The third-order valence-electron chi connectivity index (χ3n) is 8.30. The second-order valence-electron chi connectivity index (χ2n) is 11.4. The monoisotopic (exact) mass is 489 g/mol. The lowest BCUT2D eigenvalue weighted by molar-refractivity contribution is -0.119. The number of piperidine rings is 1. The van der Waals surface area contributed by atoms with Crippen LogP contribution in [0.3, 0.4) is 0 Å². The van der Waals surface area contributed by atoms with E-state index in [9.17, 15) is 4.79 Å². The number of likely N-dealkylation sites (tertiary alicyclic amines) is 1. The third kappa shape index (κ3) is 3.75. The molecule has 1 aliphatic carbocycles. The van der Waals surface area contributed by atoms with Gasteiger partial charge in [0.1, 0.15) is 16.9 Å². The van der Waals surface area contributed by atoms with Crippen molar-refractivity contribution < 1.29 is 4.79 Å². The number of nitrogens with one attached hydrogen (secondary N) is 1. The molecule has 0 radical (unpaired) electrons. The maximum absolute atomic E-state index is 11.7. The zero-order valence-corrected chi connectivity index (χ0v) is 22.3. The van der Waals surface area contributed by atoms with Gasteiger partial charge in [-0.25, -0.2) is 9.50 Å². The number of H-pyrrole nitrogens is 1. The number of carbonyl (C=O) groups is 1. The van der Waals surface area contributed by atoms with Gasteiger partial charge in [-0.3, -0.25) is 9.69 Å². The minimum Gasteiger partial charge on any atom is -0.346 e. The van der Waals surface area contributed by atoms with Gasteiger partial charge in [0.15, 0.2) is 5.65 Å². The van der Waals surface area contributed by atoms with Gasteiger partial charge in [-0.15, -0.1) is 11.3 Å². The zero-order chi connectivity index (χ0) is 24.5. The number of aromatic amines is 1. The Morgan fingerprint density at radius 1 is 1.31 bits per heavy atom. The van der Waals surface area contributed by atoms with Crippen LogP contribution in [0.2, 0.25) is 0 Å². The number of Topliss-reactive ketones (excluding diaryl/α,β-unsaturated/α-hetero) is 1. The van der Waals surface area contributed by atoms with Crippen LogP contribution in [0.1, 0.15) is 79.9 Å². The number of carbonyl (C=O) groups excluding carboxylic acids is 1. The lowest BCUT2D eigenvalue weighted by Gasteiger charge is -2.53. The highest BCUT2D eigenvalue weighted by Crippen LogP contribution is 2.58. The number of hydrogen-bond donors (Lipinski definition) is 1. The molecule has 2 aliphatic rings. The van der Waals surface area contributed by atoms with Crippen LogP contribution in [0.15, 0.2) is 18.6 Å². The summed E-state index contributed by atoms with van der Waals surface area (Å²) in [6.07, 6.45) is 8.77. The van der Waals surface area contributed by atoms with Crippen molar-refractivity contribution in [3.05, 3.63) is 40.2 Å². The topological polar surface area (TPSA) is 66.3 Å². The molecule has 5 heterocycles. The Morgan fingerprint density at radius 2 is 2.11 bits per heavy atom. The smallest absolute Gasteiger partial charge is 0.158 e. The lowest BCUT2D eigenvalue weighted by atomic mass is 9.58. The van der Waals surface area contributed by atoms with Crippen LogP contribution in [0, 0.1) is 19.3 Å². The molecule has 1 N–H and O–H groups in total. The second kappa shape index (κ2) is 8.27. The van der Waals surface area contributed by atoms with Gasteiger partial charge in [0.25, 0.3) is 0 Å². The molecular formula is C28H35N5OS. The Bertz CT molecular complexity index is 1430. The van der Waals surface area contributed by atoms with E-state index >= 15 is 0 Å². The molecule has 2 fully saturated rings. The van der Waals surface area contributed by atoms with Gasteiger partial charge >= 0.3 is 0 Å². The maximum Gasteiger partial charge on any atom is 0.158 e. The Kier molecular flexibility index (Phi) is 5.42. The normalized spacial score (nSPS) is 23.1. The number of aromatic nitrogens is 4. The number of ketones is 1. The van der Waals surface area contributed by atoms with E-state index in [0.29, 0.717) is 23.8 Å². The van der Waals surface area contributed by atoms with Gasteiger partial charge in [-0.05, 0) is 93.0 Å². The predicted octanol–water partition coefficient (Wildman–Crippen LogP) is 6.23. The fourth-order valence-electron chi connectivity index (χ4n) is 6.94. The summed E-state index contributed by atoms with van der Waals surface area (Å²) in [5, 5.41) is 5.82. The fourth-order valence-corrected chi connectivity index (χ4v) is 8.27. The first kappa shape index (κ1) is 22.9. The summed E-state index contributed by atoms with van der Waals surface area (Å²) < 4.78 is 1.88. The maximum atomic E-state index is 11.7. The summed E-state index contributed by atoms with van der Waals surface area (Å²) in [5.74, 6) is 1.35. The van der Waals surface area contributed by atoms with Crippen molar-refractivity contribution in [2.75, 3.05) is 19.6 Å². The Morgan fingerprint density at radius 3 is 2.86 bits per heavy atom. The molecule has 0 amide bonds. The molecule has 7 heteroatoms. The van der Waals surface area contributed by atoms with Gasteiger partial charge in [0.05, 0.1) is 12.2 Å². The van der Waals surface area contributed by atoms with E-state index in [2.05, 4.69) is 59.9 Å². The molecule has 1 saturated carbocycles. The average Bonchev–Trinajstić information content (AvgIpc) is 3.46. The Hall–Kier alpha value is -2.51. The van der Waals surface area contributed by atoms with E-state index in [4.69, 9.17) is 0 Å². The second-order valence-corrected chi connectivity index (χ2v) is 12.5. The number of fused-ring (bicyclic) bond motifs is 2. The van der Waals surface area contributed by atoms with Crippen LogP contribution in [0.5, 0.6) is 0 Å². The molecule has 0 unspecified atom stereocenters. The van der Waals surface area contributed by atoms with E-state index in [1.54, 1.807) is 18.1 Å². The molecule has 0 bridgehead atoms. The first-order chi connectivity index (χ1) is 16.7. The molecular weight excluding hydrogens is 454 g/mol. The first-order valence-corrected chi connectivity index (χ1v) is 13.7. The van der Waals surface area contributed by atoms with Crippen LogP contribution in [-0.2, 0) is 4.79 Å². The molecule has 184 valence electrons. The molecule has 1 aliphatic heterocycles. The minimum atomic E-state index is 0.288. The standard InChI is InChI=1S/C28H35N5OS/c1-16(2)22-23-19(5)25(21-10-28(11-21)7-6-8-32(14-28)12-18(4)34)35-27(23)31-24(22)20-9-17(3)26-29-15-30-33(26)13-20/h9,13,15-16,21,31H,6-8,10-12,14H2,1-5H3/t21-,28+. The largest absolute Gasteiger partial charge is 0.346 e. The average molecular weight is 490 g/mol. The summed E-state index contributed by atoms with van der Waals surface area (Å²) in [6.45, 7) is 13.5. The number of aryl methyl sites for hydroxylation is 2. The van der Waals surface area contributed by atoms with E-state index in [1.807, 2.05) is 15.9 Å². The molecule has 6 nitrogen and oxygen atoms in total. The highest BCUT2D eigenvalue weighted by atomic mass is 32.1. The van der Waals surface area contributed by atoms with Crippen molar-refractivity contribution >= 4 is 33.0 Å². The SMILES string of the molecule is CC(=O)CN1CCC[C@]2(C1)C[C@@H](c1sc3[nH]c(-c4cc(C)c5ncnn5c4)c(C(C)C)c3c1C)C2. The van der Waals surface area contributed by atoms with Crippen molar-refractivity contribution in [3.8, 4) is 11.3 Å². The van der Waals surface area contributed by atoms with Gasteiger partial charge in [0.2, 0.25) is 0 Å². The predicted molar refractivity (Wildman–Crippen MR) is 142 cm³/mol. The summed E-state index contributed by atoms with van der Waals surface area (Å²) in [7, 11) is 0. The fraction of sp³-hybridized carbons (Fsp3) is 0.536. The highest BCUT2D eigenvalue weighted by Gasteiger charge is 2.48. The molecule has 6 rings (SSSR count). The molecule has 0 atom stereocenters. The van der Waals surface area contributed by atoms with Crippen molar-refractivity contribution in [2.24, 2.45) is 5.41 Å². The van der Waals surface area contributed by atoms with Crippen molar-refractivity contribution in [1.82, 2.24) is 24.5 Å². The van der Waals surface area contributed by atoms with E-state index in [-0.39, 0.29) is 5.78 Å². The number of rotatable bonds is 5. The molecule has 4 aromatic rings. The lowest BCUT2D eigenvalue weighted by Crippen LogP contribution is -2.50. The van der Waals surface area contributed by atoms with Crippen molar-refractivity contribution in [1.29, 1.82) is 0 Å². The van der Waals surface area contributed by atoms with Crippen LogP contribution < -0.4 is 0 Å². The van der Waals surface area contributed by atoms with Gasteiger partial charge in [-0.1, -0.05) is 13.8 Å². The number of pyridine rings is 1. The molecule has 0 aromatic carbocycles. The van der Waals surface area contributed by atoms with Crippen LogP contribution >= 0.6 is 11.3 Å². The van der Waals surface area contributed by atoms with Crippen LogP contribution in [-0.4, -0.2) is 49.9 Å². The van der Waals surface area contributed by atoms with Gasteiger partial charge in [0, 0.05) is 28.6 Å². The molecule has 4 aromatic heterocycles. The number of nitrogens with zero attached hydrogens (tertiary/aromatic N) is 4. The first-order valence-electron chi connectivity index (χ1n) is 12.9. The van der Waals surface area contributed by atoms with Crippen molar-refractivity contribution in [3.63, 3.8) is 0 Å². The third-order valence-corrected chi connectivity index (χ3v) is 9.67. The quantitative estimate of drug-likeness (QED) is 0.361. The van der Waals surface area contributed by atoms with Crippen LogP contribution in [0.4, 0.5) is 0 Å². The van der Waals surface area contributed by atoms with Crippen molar-refractivity contribution in [2.45, 2.75) is 72.1 Å². The van der Waals surface area contributed by atoms with Crippen LogP contribution in [0.25, 0.3) is 27.1 Å². The summed E-state index contributed by atoms with van der Waals surface area (Å²) >= 11 is 1.97. The summed E-state index contributed by atoms with van der Waals surface area (Å²) in [4.78, 5) is 25.1. The van der Waals surface area contributed by atoms with E-state index in [1.165, 1.54) is 58.3 Å². The summed E-state index contributed by atoms with van der Waals surface area (Å²) in [6, 6.07) is 2.23. The Balaban J connectivity index is 1.33. The molecule has 1 spiro atoms. The minimum absolute atomic E-state index is 0.288. The van der Waals surface area contributed by atoms with Gasteiger partial charge < -0.3 is 4.98 Å². The highest BCUT2D eigenvalue weighted by molar-refractivity contribution is 7.19. The summed E-state index contributed by atoms with van der Waals surface area (Å²) in [5.41, 5.74) is 7.73.